The fourth-order valence-corrected chi connectivity index (χ4v) is 2.36. The Labute approximate surface area is 125 Å². The van der Waals surface area contributed by atoms with Crippen LogP contribution in [0.4, 0.5) is 0 Å². The zero-order valence-corrected chi connectivity index (χ0v) is 12.0. The number of aromatic nitrogens is 2. The van der Waals surface area contributed by atoms with Crippen molar-refractivity contribution in [3.8, 4) is 0 Å². The highest BCUT2D eigenvalue weighted by Gasteiger charge is 2.57. The summed E-state index contributed by atoms with van der Waals surface area (Å²) in [6, 6.07) is 1.13. The molecule has 2 heterocycles. The molecular formula is C12H19N3O7. The second-order valence-corrected chi connectivity index (χ2v) is 4.78. The number of hydrogen-bond acceptors (Lipinski definition) is 8. The van der Waals surface area contributed by atoms with Gasteiger partial charge in [-0.2, -0.15) is 0 Å². The monoisotopic (exact) mass is 317 g/mol. The fraction of sp³-hybridized carbons (Fsp3) is 0.667. The van der Waals surface area contributed by atoms with Crippen molar-refractivity contribution in [2.75, 3.05) is 26.9 Å². The summed E-state index contributed by atoms with van der Waals surface area (Å²) < 4.78 is 17.1. The maximum Gasteiger partial charge on any atom is 0.330 e. The van der Waals surface area contributed by atoms with Crippen molar-refractivity contribution in [2.45, 2.75) is 24.2 Å². The third-order valence-electron chi connectivity index (χ3n) is 3.45. The third-order valence-corrected chi connectivity index (χ3v) is 3.45. The Hall–Kier alpha value is -1.56. The standard InChI is InChI=1S/C12H19N3O7/c1-20-8-9(18)12(6-16,21-5-3-13)22-10(8)15-4-2-7(17)14-11(15)19/h2,4,8-10,16,18H,3,5-6,13H2,1H3,(H,14,17,19)/t8?,9?,10-,12-/m1/s1. The Balaban J connectivity index is 2.39. The number of nitrogens with zero attached hydrogens (tertiary/aromatic N) is 1. The molecule has 0 spiro atoms. The van der Waals surface area contributed by atoms with Crippen molar-refractivity contribution in [3.05, 3.63) is 33.1 Å². The Morgan fingerprint density at radius 3 is 2.82 bits per heavy atom. The SMILES string of the molecule is COC1C(O)[C@](CO)(OCCN)O[C@H]1n1ccc(=O)[nH]c1=O. The molecule has 2 rings (SSSR count). The van der Waals surface area contributed by atoms with Crippen LogP contribution < -0.4 is 17.0 Å². The van der Waals surface area contributed by atoms with Crippen LogP contribution in [0.3, 0.4) is 0 Å². The summed E-state index contributed by atoms with van der Waals surface area (Å²) in [5.74, 6) is -1.76. The lowest BCUT2D eigenvalue weighted by molar-refractivity contribution is -0.280. The van der Waals surface area contributed by atoms with Crippen LogP contribution in [-0.2, 0) is 14.2 Å². The molecule has 0 aromatic carbocycles. The van der Waals surface area contributed by atoms with Crippen molar-refractivity contribution >= 4 is 0 Å². The largest absolute Gasteiger partial charge is 0.391 e. The molecule has 0 radical (unpaired) electrons. The average Bonchev–Trinajstić information content (AvgIpc) is 2.78. The van der Waals surface area contributed by atoms with Gasteiger partial charge in [0, 0.05) is 25.9 Å². The second-order valence-electron chi connectivity index (χ2n) is 4.78. The minimum Gasteiger partial charge on any atom is -0.391 e. The predicted molar refractivity (Wildman–Crippen MR) is 73.1 cm³/mol. The topological polar surface area (TPSA) is 149 Å². The normalized spacial score (nSPS) is 31.5. The zero-order chi connectivity index (χ0) is 16.3. The van der Waals surface area contributed by atoms with Gasteiger partial charge in [0.1, 0.15) is 18.8 Å². The van der Waals surface area contributed by atoms with E-state index >= 15 is 0 Å². The molecule has 0 saturated carbocycles. The molecule has 10 heteroatoms. The first kappa shape index (κ1) is 16.8. The van der Waals surface area contributed by atoms with Crippen LogP contribution in [0.2, 0.25) is 0 Å². The number of rotatable bonds is 6. The van der Waals surface area contributed by atoms with Gasteiger partial charge in [-0.1, -0.05) is 0 Å². The first-order valence-electron chi connectivity index (χ1n) is 6.64. The molecule has 1 fully saturated rings. The Kier molecular flexibility index (Phi) is 5.11. The van der Waals surface area contributed by atoms with Crippen molar-refractivity contribution in [1.82, 2.24) is 9.55 Å². The van der Waals surface area contributed by atoms with E-state index in [0.29, 0.717) is 0 Å². The van der Waals surface area contributed by atoms with Gasteiger partial charge in [0.05, 0.1) is 6.61 Å². The van der Waals surface area contributed by atoms with Gasteiger partial charge < -0.3 is 30.2 Å². The molecule has 1 saturated heterocycles. The smallest absolute Gasteiger partial charge is 0.330 e. The highest BCUT2D eigenvalue weighted by molar-refractivity contribution is 4.98. The molecule has 1 aliphatic rings. The number of aliphatic hydroxyl groups excluding tert-OH is 2. The van der Waals surface area contributed by atoms with Gasteiger partial charge in [-0.05, 0) is 0 Å². The van der Waals surface area contributed by atoms with Crippen molar-refractivity contribution < 1.29 is 24.4 Å². The Morgan fingerprint density at radius 2 is 2.27 bits per heavy atom. The number of nitrogens with one attached hydrogen (secondary N) is 1. The van der Waals surface area contributed by atoms with Crippen LogP contribution in [0.25, 0.3) is 0 Å². The predicted octanol–water partition coefficient (Wildman–Crippen LogP) is -2.89. The fourth-order valence-electron chi connectivity index (χ4n) is 2.36. The van der Waals surface area contributed by atoms with Crippen LogP contribution >= 0.6 is 0 Å². The van der Waals surface area contributed by atoms with Gasteiger partial charge in [-0.3, -0.25) is 14.3 Å². The van der Waals surface area contributed by atoms with Crippen molar-refractivity contribution in [1.29, 1.82) is 0 Å². The number of H-pyrrole nitrogens is 1. The summed E-state index contributed by atoms with van der Waals surface area (Å²) in [7, 11) is 1.32. The first-order chi connectivity index (χ1) is 10.5. The minimum absolute atomic E-state index is 0.0291. The van der Waals surface area contributed by atoms with Crippen LogP contribution in [0.1, 0.15) is 6.23 Å². The van der Waals surface area contributed by atoms with Gasteiger partial charge in [0.15, 0.2) is 6.23 Å². The lowest BCUT2D eigenvalue weighted by atomic mass is 10.1. The van der Waals surface area contributed by atoms with Crippen LogP contribution in [0, 0.1) is 0 Å². The van der Waals surface area contributed by atoms with E-state index in [2.05, 4.69) is 4.98 Å². The number of aromatic amines is 1. The number of hydrogen-bond donors (Lipinski definition) is 4. The van der Waals surface area contributed by atoms with Crippen LogP contribution in [0.5, 0.6) is 0 Å². The number of ether oxygens (including phenoxy) is 3. The number of methoxy groups -OCH3 is 1. The Bertz CT molecular complexity index is 615. The van der Waals surface area contributed by atoms with Gasteiger partial charge in [0.25, 0.3) is 5.56 Å². The summed E-state index contributed by atoms with van der Waals surface area (Å²) >= 11 is 0. The van der Waals surface area contributed by atoms with Crippen LogP contribution in [0.15, 0.2) is 21.9 Å². The van der Waals surface area contributed by atoms with E-state index in [-0.39, 0.29) is 13.2 Å². The zero-order valence-electron chi connectivity index (χ0n) is 12.0. The van der Waals surface area contributed by atoms with Gasteiger partial charge in [-0.15, -0.1) is 0 Å². The second kappa shape index (κ2) is 6.69. The molecule has 10 nitrogen and oxygen atoms in total. The molecule has 2 unspecified atom stereocenters. The number of aliphatic hydroxyl groups is 2. The van der Waals surface area contributed by atoms with Gasteiger partial charge in [-0.25, -0.2) is 4.79 Å². The first-order valence-corrected chi connectivity index (χ1v) is 6.64. The molecule has 1 aromatic rings. The third kappa shape index (κ3) is 2.84. The van der Waals surface area contributed by atoms with Crippen molar-refractivity contribution in [3.63, 3.8) is 0 Å². The van der Waals surface area contributed by atoms with E-state index in [1.165, 1.54) is 13.3 Å². The van der Waals surface area contributed by atoms with E-state index in [1.807, 2.05) is 0 Å². The van der Waals surface area contributed by atoms with E-state index in [9.17, 15) is 19.8 Å². The lowest BCUT2D eigenvalue weighted by Crippen LogP contribution is -2.49. The molecular weight excluding hydrogens is 298 g/mol. The molecule has 5 N–H and O–H groups in total. The quantitative estimate of drug-likeness (QED) is 0.437. The highest BCUT2D eigenvalue weighted by Crippen LogP contribution is 2.38. The molecule has 1 aromatic heterocycles. The van der Waals surface area contributed by atoms with E-state index in [1.54, 1.807) is 0 Å². The average molecular weight is 317 g/mol. The maximum atomic E-state index is 11.9. The van der Waals surface area contributed by atoms with E-state index in [4.69, 9.17) is 19.9 Å². The maximum absolute atomic E-state index is 11.9. The minimum atomic E-state index is -1.76. The van der Waals surface area contributed by atoms with Crippen molar-refractivity contribution in [2.24, 2.45) is 5.73 Å². The number of nitrogens with two attached hydrogens (primary N) is 1. The lowest BCUT2D eigenvalue weighted by Gasteiger charge is -2.29. The van der Waals surface area contributed by atoms with E-state index in [0.717, 1.165) is 10.6 Å². The Morgan fingerprint density at radius 1 is 1.55 bits per heavy atom. The summed E-state index contributed by atoms with van der Waals surface area (Å²) in [4.78, 5) is 25.1. The highest BCUT2D eigenvalue weighted by atomic mass is 16.7. The molecule has 124 valence electrons. The summed E-state index contributed by atoms with van der Waals surface area (Å²) in [6.07, 6.45) is -2.23. The van der Waals surface area contributed by atoms with Gasteiger partial charge >= 0.3 is 5.69 Å². The molecule has 0 bridgehead atoms. The molecule has 0 amide bonds. The molecule has 4 atom stereocenters. The summed E-state index contributed by atoms with van der Waals surface area (Å²) in [5.41, 5.74) is 4.04. The molecule has 1 aliphatic heterocycles. The van der Waals surface area contributed by atoms with Crippen LogP contribution in [-0.4, -0.2) is 64.6 Å². The summed E-state index contributed by atoms with van der Waals surface area (Å²) in [5, 5.41) is 19.9. The molecule has 22 heavy (non-hydrogen) atoms. The molecule has 0 aliphatic carbocycles. The summed E-state index contributed by atoms with van der Waals surface area (Å²) in [6.45, 7) is -0.483. The van der Waals surface area contributed by atoms with E-state index < -0.39 is 42.1 Å². The van der Waals surface area contributed by atoms with Gasteiger partial charge in [0.2, 0.25) is 5.79 Å².